The number of carbonyl (C=O) groups excluding carboxylic acids is 2. The minimum absolute atomic E-state index is 0.0125. The fourth-order valence-corrected chi connectivity index (χ4v) is 2.61. The second-order valence-corrected chi connectivity index (χ2v) is 5.58. The molecule has 2 amide bonds. The number of nitrogens with zero attached hydrogens (tertiary/aromatic N) is 1. The molecule has 4 nitrogen and oxygen atoms in total. The molecular formula is C16H22N2O2. The summed E-state index contributed by atoms with van der Waals surface area (Å²) in [6, 6.07) is 7.39. The third-order valence-electron chi connectivity index (χ3n) is 3.80. The Morgan fingerprint density at radius 1 is 1.35 bits per heavy atom. The molecule has 1 aromatic rings. The van der Waals surface area contributed by atoms with E-state index < -0.39 is 0 Å². The topological polar surface area (TPSA) is 49.4 Å². The van der Waals surface area contributed by atoms with Gasteiger partial charge >= 0.3 is 0 Å². The highest BCUT2D eigenvalue weighted by Gasteiger charge is 2.21. The summed E-state index contributed by atoms with van der Waals surface area (Å²) in [6.07, 6.45) is 2.23. The van der Waals surface area contributed by atoms with Crippen LogP contribution in [0.25, 0.3) is 0 Å². The molecule has 0 spiro atoms. The summed E-state index contributed by atoms with van der Waals surface area (Å²) in [6.45, 7) is 5.75. The molecule has 1 N–H and O–H groups in total. The van der Waals surface area contributed by atoms with Crippen molar-refractivity contribution in [2.75, 3.05) is 19.6 Å². The maximum Gasteiger partial charge on any atom is 0.251 e. The lowest BCUT2D eigenvalue weighted by Gasteiger charge is -2.31. The van der Waals surface area contributed by atoms with Crippen LogP contribution in [-0.4, -0.2) is 36.3 Å². The molecule has 1 aliphatic rings. The molecule has 1 saturated heterocycles. The zero-order valence-electron chi connectivity index (χ0n) is 12.2. The molecule has 0 radical (unpaired) electrons. The Morgan fingerprint density at radius 2 is 2.10 bits per heavy atom. The van der Waals surface area contributed by atoms with Gasteiger partial charge in [-0.05, 0) is 37.3 Å². The van der Waals surface area contributed by atoms with Gasteiger partial charge in [0.25, 0.3) is 5.91 Å². The van der Waals surface area contributed by atoms with Gasteiger partial charge in [-0.25, -0.2) is 0 Å². The van der Waals surface area contributed by atoms with E-state index in [4.69, 9.17) is 0 Å². The average Bonchev–Trinajstić information content (AvgIpc) is 2.45. The number of hydrogen-bond acceptors (Lipinski definition) is 2. The van der Waals surface area contributed by atoms with Crippen LogP contribution in [0.5, 0.6) is 0 Å². The molecule has 0 aromatic heterocycles. The molecule has 20 heavy (non-hydrogen) atoms. The molecule has 1 aromatic carbocycles. The highest BCUT2D eigenvalue weighted by Crippen LogP contribution is 2.15. The Bertz CT molecular complexity index is 499. The molecule has 0 aliphatic carbocycles. The van der Waals surface area contributed by atoms with Gasteiger partial charge in [-0.1, -0.05) is 25.1 Å². The summed E-state index contributed by atoms with van der Waals surface area (Å²) in [4.78, 5) is 26.0. The van der Waals surface area contributed by atoms with Gasteiger partial charge in [0.15, 0.2) is 0 Å². The number of carbonyl (C=O) groups is 2. The number of likely N-dealkylation sites (tertiary alicyclic amines) is 1. The first-order valence-electron chi connectivity index (χ1n) is 7.19. The molecule has 108 valence electrons. The highest BCUT2D eigenvalue weighted by molar-refractivity contribution is 5.97. The number of hydrogen-bond donors (Lipinski definition) is 1. The molecule has 2 rings (SSSR count). The summed E-state index contributed by atoms with van der Waals surface area (Å²) >= 11 is 0. The van der Waals surface area contributed by atoms with E-state index in [0.29, 0.717) is 11.5 Å². The van der Waals surface area contributed by atoms with Crippen LogP contribution in [0, 0.1) is 12.8 Å². The van der Waals surface area contributed by atoms with Gasteiger partial charge in [-0.3, -0.25) is 9.59 Å². The van der Waals surface area contributed by atoms with Crippen molar-refractivity contribution in [1.82, 2.24) is 10.2 Å². The van der Waals surface area contributed by atoms with Gasteiger partial charge in [0.1, 0.15) is 0 Å². The Labute approximate surface area is 120 Å². The number of rotatable bonds is 3. The second-order valence-electron chi connectivity index (χ2n) is 5.58. The summed E-state index contributed by atoms with van der Waals surface area (Å²) in [7, 11) is 0. The van der Waals surface area contributed by atoms with Crippen molar-refractivity contribution < 1.29 is 9.59 Å². The van der Waals surface area contributed by atoms with Gasteiger partial charge in [0.2, 0.25) is 5.91 Å². The average molecular weight is 274 g/mol. The SMILES string of the molecule is Cc1ccccc1C(=O)NCC(=O)N1CCCC(C)C1. The maximum absolute atomic E-state index is 12.1. The minimum Gasteiger partial charge on any atom is -0.343 e. The molecule has 1 fully saturated rings. The monoisotopic (exact) mass is 274 g/mol. The standard InChI is InChI=1S/C16H22N2O2/c1-12-6-5-9-18(11-12)15(19)10-17-16(20)14-8-4-3-7-13(14)2/h3-4,7-8,12H,5-6,9-11H2,1-2H3,(H,17,20). The smallest absolute Gasteiger partial charge is 0.251 e. The number of amides is 2. The Balaban J connectivity index is 1.87. The summed E-state index contributed by atoms with van der Waals surface area (Å²) in [5, 5.41) is 2.72. The van der Waals surface area contributed by atoms with E-state index in [1.807, 2.05) is 30.0 Å². The van der Waals surface area contributed by atoms with Crippen LogP contribution in [0.15, 0.2) is 24.3 Å². The Kier molecular flexibility index (Phi) is 4.77. The third kappa shape index (κ3) is 3.59. The van der Waals surface area contributed by atoms with Crippen molar-refractivity contribution >= 4 is 11.8 Å². The second kappa shape index (κ2) is 6.55. The Morgan fingerprint density at radius 3 is 2.80 bits per heavy atom. The van der Waals surface area contributed by atoms with Crippen LogP contribution in [0.3, 0.4) is 0 Å². The minimum atomic E-state index is -0.179. The van der Waals surface area contributed by atoms with Crippen LogP contribution in [0.2, 0.25) is 0 Å². The van der Waals surface area contributed by atoms with Gasteiger partial charge in [0.05, 0.1) is 6.54 Å². The lowest BCUT2D eigenvalue weighted by molar-refractivity contribution is -0.131. The molecule has 1 unspecified atom stereocenters. The lowest BCUT2D eigenvalue weighted by atomic mass is 10.0. The first-order chi connectivity index (χ1) is 9.58. The summed E-state index contributed by atoms with van der Waals surface area (Å²) < 4.78 is 0. The van der Waals surface area contributed by atoms with Crippen LogP contribution in [0.1, 0.15) is 35.7 Å². The molecule has 1 heterocycles. The molecule has 4 heteroatoms. The van der Waals surface area contributed by atoms with Crippen molar-refractivity contribution in [3.63, 3.8) is 0 Å². The fourth-order valence-electron chi connectivity index (χ4n) is 2.61. The van der Waals surface area contributed by atoms with Crippen LogP contribution < -0.4 is 5.32 Å². The van der Waals surface area contributed by atoms with E-state index in [-0.39, 0.29) is 18.4 Å². The lowest BCUT2D eigenvalue weighted by Crippen LogP contribution is -2.44. The molecule has 0 bridgehead atoms. The van der Waals surface area contributed by atoms with Gasteiger partial charge in [0, 0.05) is 18.7 Å². The largest absolute Gasteiger partial charge is 0.343 e. The van der Waals surface area contributed by atoms with E-state index in [1.54, 1.807) is 6.07 Å². The fraction of sp³-hybridized carbons (Fsp3) is 0.500. The molecule has 0 saturated carbocycles. The zero-order chi connectivity index (χ0) is 14.5. The first kappa shape index (κ1) is 14.6. The van der Waals surface area contributed by atoms with Crippen molar-refractivity contribution in [2.45, 2.75) is 26.7 Å². The summed E-state index contributed by atoms with van der Waals surface area (Å²) in [5.41, 5.74) is 1.55. The van der Waals surface area contributed by atoms with E-state index in [0.717, 1.165) is 25.1 Å². The van der Waals surface area contributed by atoms with Gasteiger partial charge in [-0.15, -0.1) is 0 Å². The van der Waals surface area contributed by atoms with Gasteiger partial charge in [-0.2, -0.15) is 0 Å². The third-order valence-corrected chi connectivity index (χ3v) is 3.80. The number of benzene rings is 1. The van der Waals surface area contributed by atoms with Crippen LogP contribution in [-0.2, 0) is 4.79 Å². The highest BCUT2D eigenvalue weighted by atomic mass is 16.2. The number of piperidine rings is 1. The Hall–Kier alpha value is -1.84. The van der Waals surface area contributed by atoms with E-state index >= 15 is 0 Å². The maximum atomic E-state index is 12.1. The quantitative estimate of drug-likeness (QED) is 0.916. The summed E-state index contributed by atoms with van der Waals surface area (Å²) in [5.74, 6) is 0.389. The van der Waals surface area contributed by atoms with Crippen LogP contribution >= 0.6 is 0 Å². The number of aryl methyl sites for hydroxylation is 1. The normalized spacial score (nSPS) is 18.7. The zero-order valence-corrected chi connectivity index (χ0v) is 12.2. The van der Waals surface area contributed by atoms with E-state index in [9.17, 15) is 9.59 Å². The van der Waals surface area contributed by atoms with Crippen LogP contribution in [0.4, 0.5) is 0 Å². The number of nitrogens with one attached hydrogen (secondary N) is 1. The van der Waals surface area contributed by atoms with E-state index in [1.165, 1.54) is 6.42 Å². The molecule has 1 atom stereocenters. The van der Waals surface area contributed by atoms with Gasteiger partial charge < -0.3 is 10.2 Å². The van der Waals surface area contributed by atoms with E-state index in [2.05, 4.69) is 12.2 Å². The predicted molar refractivity (Wildman–Crippen MR) is 78.5 cm³/mol. The van der Waals surface area contributed by atoms with Crippen molar-refractivity contribution in [2.24, 2.45) is 5.92 Å². The predicted octanol–water partition coefficient (Wildman–Crippen LogP) is 1.98. The van der Waals surface area contributed by atoms with Crippen molar-refractivity contribution in [1.29, 1.82) is 0 Å². The first-order valence-corrected chi connectivity index (χ1v) is 7.19. The molecule has 1 aliphatic heterocycles. The molecular weight excluding hydrogens is 252 g/mol. The van der Waals surface area contributed by atoms with Crippen molar-refractivity contribution in [3.8, 4) is 0 Å². The van der Waals surface area contributed by atoms with Crippen molar-refractivity contribution in [3.05, 3.63) is 35.4 Å².